The lowest BCUT2D eigenvalue weighted by molar-refractivity contribution is 0.0603. The summed E-state index contributed by atoms with van der Waals surface area (Å²) in [4.78, 5) is 12.8. The molecule has 0 amide bonds. The highest BCUT2D eigenvalue weighted by molar-refractivity contribution is 6.01. The topological polar surface area (TPSA) is 26.3 Å². The van der Waals surface area contributed by atoms with Gasteiger partial charge in [0.1, 0.15) is 11.9 Å². The van der Waals surface area contributed by atoms with Crippen molar-refractivity contribution in [3.8, 4) is 5.75 Å². The molecule has 0 saturated heterocycles. The summed E-state index contributed by atoms with van der Waals surface area (Å²) in [5.74, 6) is 1.15. The third-order valence-electron chi connectivity index (χ3n) is 4.43. The standard InChI is InChI=1S/C19H28O2/c1-3-5-7-11-15-17(13-8-6-4-2)21-18-14-10-9-12-16(18)19(15)20/h9-10,12,14-15,17H,3-8,11,13H2,1-2H3/t15-,17-/m0/s1. The first-order chi connectivity index (χ1) is 10.3. The second-order valence-corrected chi connectivity index (χ2v) is 6.11. The van der Waals surface area contributed by atoms with E-state index in [-0.39, 0.29) is 12.0 Å². The second kappa shape index (κ2) is 8.21. The monoisotopic (exact) mass is 288 g/mol. The van der Waals surface area contributed by atoms with Crippen molar-refractivity contribution in [2.75, 3.05) is 0 Å². The third kappa shape index (κ3) is 4.09. The molecule has 0 bridgehead atoms. The number of unbranched alkanes of at least 4 members (excludes halogenated alkanes) is 4. The molecular weight excluding hydrogens is 260 g/mol. The van der Waals surface area contributed by atoms with Crippen LogP contribution in [-0.4, -0.2) is 11.9 Å². The predicted molar refractivity (Wildman–Crippen MR) is 87.0 cm³/mol. The number of carbonyl (C=O) groups excluding carboxylic acids is 1. The van der Waals surface area contributed by atoms with Crippen molar-refractivity contribution in [1.82, 2.24) is 0 Å². The minimum absolute atomic E-state index is 0.0586. The zero-order chi connectivity index (χ0) is 15.1. The van der Waals surface area contributed by atoms with Crippen molar-refractivity contribution in [3.05, 3.63) is 29.8 Å². The van der Waals surface area contributed by atoms with E-state index in [1.54, 1.807) is 0 Å². The Bertz CT molecular complexity index is 453. The Morgan fingerprint density at radius 2 is 1.62 bits per heavy atom. The van der Waals surface area contributed by atoms with Crippen LogP contribution in [-0.2, 0) is 0 Å². The van der Waals surface area contributed by atoms with Crippen molar-refractivity contribution >= 4 is 5.78 Å². The van der Waals surface area contributed by atoms with Gasteiger partial charge in [-0.3, -0.25) is 4.79 Å². The molecule has 0 aliphatic carbocycles. The summed E-state index contributed by atoms with van der Waals surface area (Å²) in [6, 6.07) is 7.72. The summed E-state index contributed by atoms with van der Waals surface area (Å²) < 4.78 is 6.17. The molecule has 1 aliphatic heterocycles. The van der Waals surface area contributed by atoms with Crippen molar-refractivity contribution in [2.24, 2.45) is 5.92 Å². The maximum atomic E-state index is 12.8. The van der Waals surface area contributed by atoms with Gasteiger partial charge in [0, 0.05) is 0 Å². The molecule has 0 fully saturated rings. The van der Waals surface area contributed by atoms with Crippen LogP contribution >= 0.6 is 0 Å². The first-order valence-electron chi connectivity index (χ1n) is 8.57. The maximum absolute atomic E-state index is 12.8. The number of hydrogen-bond acceptors (Lipinski definition) is 2. The first kappa shape index (κ1) is 16.1. The van der Waals surface area contributed by atoms with E-state index >= 15 is 0 Å². The lowest BCUT2D eigenvalue weighted by Crippen LogP contribution is -2.37. The molecule has 1 aromatic rings. The van der Waals surface area contributed by atoms with Gasteiger partial charge in [-0.15, -0.1) is 0 Å². The van der Waals surface area contributed by atoms with Crippen LogP contribution in [0.1, 0.15) is 75.6 Å². The number of rotatable bonds is 8. The van der Waals surface area contributed by atoms with Crippen LogP contribution in [0.3, 0.4) is 0 Å². The molecule has 21 heavy (non-hydrogen) atoms. The van der Waals surface area contributed by atoms with Gasteiger partial charge in [-0.2, -0.15) is 0 Å². The SMILES string of the molecule is CCCCC[C@@H]1Oc2ccccc2C(=O)[C@H]1CCCCC. The zero-order valence-corrected chi connectivity index (χ0v) is 13.4. The molecule has 0 aromatic heterocycles. The second-order valence-electron chi connectivity index (χ2n) is 6.11. The maximum Gasteiger partial charge on any atom is 0.173 e. The van der Waals surface area contributed by atoms with E-state index < -0.39 is 0 Å². The predicted octanol–water partition coefficient (Wildman–Crippen LogP) is 5.41. The van der Waals surface area contributed by atoms with Gasteiger partial charge < -0.3 is 4.74 Å². The minimum atomic E-state index is 0.0586. The van der Waals surface area contributed by atoms with Crippen molar-refractivity contribution in [3.63, 3.8) is 0 Å². The van der Waals surface area contributed by atoms with Crippen LogP contribution < -0.4 is 4.74 Å². The van der Waals surface area contributed by atoms with Crippen molar-refractivity contribution < 1.29 is 9.53 Å². The summed E-state index contributed by atoms with van der Waals surface area (Å²) in [5, 5.41) is 0. The number of benzene rings is 1. The molecule has 0 radical (unpaired) electrons. The van der Waals surface area contributed by atoms with Crippen LogP contribution in [0.25, 0.3) is 0 Å². The fourth-order valence-corrected chi connectivity index (χ4v) is 3.17. The number of hydrogen-bond donors (Lipinski definition) is 0. The molecule has 0 saturated carbocycles. The van der Waals surface area contributed by atoms with E-state index in [1.165, 1.54) is 25.7 Å². The largest absolute Gasteiger partial charge is 0.489 e. The lowest BCUT2D eigenvalue weighted by atomic mass is 9.83. The molecule has 2 rings (SSSR count). The summed E-state index contributed by atoms with van der Waals surface area (Å²) in [5.41, 5.74) is 0.783. The van der Waals surface area contributed by atoms with Gasteiger partial charge in [-0.1, -0.05) is 58.1 Å². The molecular formula is C19H28O2. The number of carbonyl (C=O) groups is 1. The van der Waals surface area contributed by atoms with Crippen LogP contribution in [0.15, 0.2) is 24.3 Å². The minimum Gasteiger partial charge on any atom is -0.489 e. The van der Waals surface area contributed by atoms with E-state index in [9.17, 15) is 4.79 Å². The molecule has 116 valence electrons. The van der Waals surface area contributed by atoms with E-state index in [0.717, 1.165) is 37.0 Å². The number of ether oxygens (including phenoxy) is 1. The average Bonchev–Trinajstić information content (AvgIpc) is 2.50. The van der Waals surface area contributed by atoms with Gasteiger partial charge in [0.2, 0.25) is 0 Å². The smallest absolute Gasteiger partial charge is 0.173 e. The fraction of sp³-hybridized carbons (Fsp3) is 0.632. The highest BCUT2D eigenvalue weighted by Gasteiger charge is 2.35. The van der Waals surface area contributed by atoms with Gasteiger partial charge >= 0.3 is 0 Å². The van der Waals surface area contributed by atoms with Gasteiger partial charge in [0.05, 0.1) is 11.5 Å². The Kier molecular flexibility index (Phi) is 6.28. The number of fused-ring (bicyclic) bond motifs is 1. The highest BCUT2D eigenvalue weighted by atomic mass is 16.5. The lowest BCUT2D eigenvalue weighted by Gasteiger charge is -2.32. The number of Topliss-reactive ketones (excluding diaryl/α,β-unsaturated/α-hetero) is 1. The van der Waals surface area contributed by atoms with Crippen LogP contribution in [0.4, 0.5) is 0 Å². The van der Waals surface area contributed by atoms with Gasteiger partial charge in [0.25, 0.3) is 0 Å². The molecule has 2 nitrogen and oxygen atoms in total. The molecule has 1 aliphatic rings. The number of para-hydroxylation sites is 1. The summed E-state index contributed by atoms with van der Waals surface area (Å²) in [6.45, 7) is 4.41. The molecule has 0 spiro atoms. The highest BCUT2D eigenvalue weighted by Crippen LogP contribution is 2.35. The van der Waals surface area contributed by atoms with E-state index in [2.05, 4.69) is 13.8 Å². The Balaban J connectivity index is 2.10. The van der Waals surface area contributed by atoms with Gasteiger partial charge in [-0.25, -0.2) is 0 Å². The van der Waals surface area contributed by atoms with E-state index in [0.29, 0.717) is 5.78 Å². The Hall–Kier alpha value is -1.31. The molecule has 0 unspecified atom stereocenters. The van der Waals surface area contributed by atoms with Crippen LogP contribution in [0.2, 0.25) is 0 Å². The number of ketones is 1. The summed E-state index contributed by atoms with van der Waals surface area (Å²) in [6.07, 6.45) is 9.16. The quantitative estimate of drug-likeness (QED) is 0.598. The van der Waals surface area contributed by atoms with Crippen LogP contribution in [0, 0.1) is 5.92 Å². The van der Waals surface area contributed by atoms with E-state index in [4.69, 9.17) is 4.74 Å². The molecule has 2 heteroatoms. The average molecular weight is 288 g/mol. The first-order valence-corrected chi connectivity index (χ1v) is 8.57. The van der Waals surface area contributed by atoms with E-state index in [1.807, 2.05) is 24.3 Å². The molecule has 1 heterocycles. The zero-order valence-electron chi connectivity index (χ0n) is 13.4. The van der Waals surface area contributed by atoms with Crippen molar-refractivity contribution in [1.29, 1.82) is 0 Å². The normalized spacial score (nSPS) is 21.0. The van der Waals surface area contributed by atoms with Crippen molar-refractivity contribution in [2.45, 2.75) is 71.3 Å². The van der Waals surface area contributed by atoms with Gasteiger partial charge in [-0.05, 0) is 31.4 Å². The Labute approximate surface area is 128 Å². The summed E-state index contributed by atoms with van der Waals surface area (Å²) >= 11 is 0. The van der Waals surface area contributed by atoms with Crippen LogP contribution in [0.5, 0.6) is 5.75 Å². The molecule has 1 aromatic carbocycles. The van der Waals surface area contributed by atoms with Gasteiger partial charge in [0.15, 0.2) is 5.78 Å². The Morgan fingerprint density at radius 3 is 2.33 bits per heavy atom. The summed E-state index contributed by atoms with van der Waals surface area (Å²) in [7, 11) is 0. The Morgan fingerprint density at radius 1 is 0.952 bits per heavy atom. The third-order valence-corrected chi connectivity index (χ3v) is 4.43. The molecule has 2 atom stereocenters. The molecule has 0 N–H and O–H groups in total. The fourth-order valence-electron chi connectivity index (χ4n) is 3.17.